The third-order valence-electron chi connectivity index (χ3n) is 4.35. The molecule has 2 fully saturated rings. The maximum Gasteiger partial charge on any atom is 0.229 e. The number of aryl methyl sites for hydroxylation is 3. The molecule has 4 N–H and O–H groups in total. The summed E-state index contributed by atoms with van der Waals surface area (Å²) in [6.45, 7) is 5.75. The topological polar surface area (TPSA) is 123 Å². The van der Waals surface area contributed by atoms with Crippen molar-refractivity contribution >= 4 is 77.1 Å². The predicted molar refractivity (Wildman–Crippen MR) is 135 cm³/mol. The molecule has 5 rings (SSSR count). The predicted octanol–water partition coefficient (Wildman–Crippen LogP) is 5.40. The number of hydrogen-bond donors (Lipinski definition) is 3. The van der Waals surface area contributed by atoms with Crippen molar-refractivity contribution in [3.8, 4) is 0 Å². The fourth-order valence-electron chi connectivity index (χ4n) is 2.32. The summed E-state index contributed by atoms with van der Waals surface area (Å²) in [6, 6.07) is 0. The Morgan fingerprint density at radius 1 is 0.906 bits per heavy atom. The van der Waals surface area contributed by atoms with Crippen LogP contribution in [0.2, 0.25) is 0 Å². The highest BCUT2D eigenvalue weighted by atomic mass is 79.9. The molecule has 3 heterocycles. The van der Waals surface area contributed by atoms with Crippen LogP contribution in [0, 0.1) is 32.6 Å². The van der Waals surface area contributed by atoms with Gasteiger partial charge in [-0.3, -0.25) is 9.59 Å². The molecule has 0 spiro atoms. The second kappa shape index (κ2) is 11.3. The number of rotatable bonds is 4. The lowest BCUT2D eigenvalue weighted by Gasteiger charge is -1.96. The first-order valence-corrected chi connectivity index (χ1v) is 13.4. The smallest absolute Gasteiger partial charge is 0.229 e. The third kappa shape index (κ3) is 8.23. The summed E-state index contributed by atoms with van der Waals surface area (Å²) in [5.41, 5.74) is 8.18. The number of amides is 2. The van der Waals surface area contributed by atoms with E-state index in [2.05, 4.69) is 41.5 Å². The summed E-state index contributed by atoms with van der Waals surface area (Å²) >= 11 is 7.78. The molecular formula is C20H25BrN6O2S3. The Bertz CT molecular complexity index is 1040. The van der Waals surface area contributed by atoms with E-state index in [1.165, 1.54) is 34.0 Å². The Morgan fingerprint density at radius 3 is 1.78 bits per heavy atom. The Kier molecular flexibility index (Phi) is 8.74. The van der Waals surface area contributed by atoms with Crippen molar-refractivity contribution in [1.82, 2.24) is 15.0 Å². The number of carbonyl (C=O) groups is 2. The van der Waals surface area contributed by atoms with Crippen LogP contribution in [0.5, 0.6) is 0 Å². The molecule has 2 aliphatic rings. The maximum atomic E-state index is 11.3. The number of nitrogens with zero attached hydrogens (tertiary/aromatic N) is 3. The number of nitrogens with one attached hydrogen (secondary N) is 2. The van der Waals surface area contributed by atoms with Crippen LogP contribution in [0.3, 0.4) is 0 Å². The van der Waals surface area contributed by atoms with Crippen LogP contribution in [-0.4, -0.2) is 26.8 Å². The van der Waals surface area contributed by atoms with E-state index in [1.54, 1.807) is 0 Å². The highest BCUT2D eigenvalue weighted by Gasteiger charge is 2.30. The molecule has 3 aromatic heterocycles. The van der Waals surface area contributed by atoms with Crippen molar-refractivity contribution in [1.29, 1.82) is 0 Å². The fraction of sp³-hybridized carbons (Fsp3) is 0.450. The van der Waals surface area contributed by atoms with E-state index in [-0.39, 0.29) is 23.7 Å². The number of carbonyl (C=O) groups excluding carboxylic acids is 2. The average Bonchev–Trinajstić information content (AvgIpc) is 3.64. The molecule has 0 unspecified atom stereocenters. The normalized spacial score (nSPS) is 14.5. The summed E-state index contributed by atoms with van der Waals surface area (Å²) in [5.74, 6) is 0.739. The largest absolute Gasteiger partial charge is 0.375 e. The fourth-order valence-corrected chi connectivity index (χ4v) is 4.80. The van der Waals surface area contributed by atoms with E-state index in [1.807, 2.05) is 31.5 Å². The first kappa shape index (κ1) is 24.7. The summed E-state index contributed by atoms with van der Waals surface area (Å²) < 4.78 is 0.985. The molecule has 0 aromatic carbocycles. The maximum absolute atomic E-state index is 11.3. The van der Waals surface area contributed by atoms with Gasteiger partial charge >= 0.3 is 0 Å². The second-order valence-corrected chi connectivity index (χ2v) is 11.6. The number of anilines is 3. The van der Waals surface area contributed by atoms with Gasteiger partial charge in [0.2, 0.25) is 11.8 Å². The summed E-state index contributed by atoms with van der Waals surface area (Å²) in [5, 5.41) is 11.5. The lowest BCUT2D eigenvalue weighted by Crippen LogP contribution is -2.12. The first-order valence-electron chi connectivity index (χ1n) is 10.1. The van der Waals surface area contributed by atoms with Crippen molar-refractivity contribution in [2.24, 2.45) is 11.8 Å². The summed E-state index contributed by atoms with van der Waals surface area (Å²) in [6.07, 6.45) is 4.13. The number of nitrogen functional groups attached to an aromatic ring is 1. The Balaban J connectivity index is 0.000000142. The lowest BCUT2D eigenvalue weighted by molar-refractivity contribution is -0.118. The number of aromatic nitrogens is 3. The van der Waals surface area contributed by atoms with Crippen LogP contribution < -0.4 is 16.4 Å². The highest BCUT2D eigenvalue weighted by molar-refractivity contribution is 9.11. The van der Waals surface area contributed by atoms with Crippen LogP contribution >= 0.6 is 49.9 Å². The standard InChI is InChI=1S/C8H9BrN2OS.C8H10N2OS.C4H6N2S/c1-4-6(9)13-8(10-4)11-7(12)5-2-3-5;1-5-4-12-8(9-5)10-7(11)6-2-3-6;1-3-2-7-4(5)6-3/h5H,2-3H2,1H3,(H,10,11,12);4,6H,2-3H2,1H3,(H,9,10,11);2H,1H3,(H2,5,6). The van der Waals surface area contributed by atoms with Crippen LogP contribution in [-0.2, 0) is 9.59 Å². The zero-order valence-corrected chi connectivity index (χ0v) is 22.0. The summed E-state index contributed by atoms with van der Waals surface area (Å²) in [4.78, 5) is 34.8. The zero-order chi connectivity index (χ0) is 23.3. The Hall–Kier alpha value is -1.89. The highest BCUT2D eigenvalue weighted by Crippen LogP contribution is 2.33. The van der Waals surface area contributed by atoms with E-state index >= 15 is 0 Å². The molecular weight excluding hydrogens is 532 g/mol. The van der Waals surface area contributed by atoms with Gasteiger partial charge in [-0.15, -0.1) is 22.7 Å². The van der Waals surface area contributed by atoms with Gasteiger partial charge in [-0.1, -0.05) is 11.3 Å². The molecule has 0 bridgehead atoms. The molecule has 2 saturated carbocycles. The number of halogens is 1. The number of hydrogen-bond acceptors (Lipinski definition) is 9. The van der Waals surface area contributed by atoms with E-state index in [9.17, 15) is 9.59 Å². The molecule has 2 amide bonds. The average molecular weight is 558 g/mol. The zero-order valence-electron chi connectivity index (χ0n) is 18.0. The third-order valence-corrected chi connectivity index (χ3v) is 7.94. The minimum absolute atomic E-state index is 0.112. The molecule has 0 aliphatic heterocycles. The van der Waals surface area contributed by atoms with Gasteiger partial charge in [0.05, 0.1) is 20.9 Å². The SMILES string of the molecule is Cc1csc(N)n1.Cc1csc(NC(=O)C2CC2)n1.Cc1nc(NC(=O)C2CC2)sc1Br. The molecule has 172 valence electrons. The molecule has 0 saturated heterocycles. The van der Waals surface area contributed by atoms with Gasteiger partial charge in [-0.2, -0.15) is 0 Å². The minimum Gasteiger partial charge on any atom is -0.375 e. The molecule has 12 heteroatoms. The van der Waals surface area contributed by atoms with Gasteiger partial charge in [0, 0.05) is 22.6 Å². The first-order chi connectivity index (χ1) is 15.2. The molecule has 8 nitrogen and oxygen atoms in total. The van der Waals surface area contributed by atoms with Gasteiger partial charge in [0.25, 0.3) is 0 Å². The minimum atomic E-state index is 0.112. The van der Waals surface area contributed by atoms with Crippen LogP contribution in [0.4, 0.5) is 15.4 Å². The Morgan fingerprint density at radius 2 is 1.44 bits per heavy atom. The Labute approximate surface area is 207 Å². The summed E-state index contributed by atoms with van der Waals surface area (Å²) in [7, 11) is 0. The van der Waals surface area contributed by atoms with Gasteiger partial charge in [-0.25, -0.2) is 15.0 Å². The van der Waals surface area contributed by atoms with E-state index in [0.29, 0.717) is 10.3 Å². The molecule has 0 atom stereocenters. The van der Waals surface area contributed by atoms with Crippen molar-refractivity contribution in [2.75, 3.05) is 16.4 Å². The van der Waals surface area contributed by atoms with Crippen molar-refractivity contribution in [2.45, 2.75) is 46.5 Å². The number of thiazole rings is 3. The molecule has 0 radical (unpaired) electrons. The molecule has 32 heavy (non-hydrogen) atoms. The van der Waals surface area contributed by atoms with Crippen LogP contribution in [0.25, 0.3) is 0 Å². The van der Waals surface area contributed by atoms with Crippen molar-refractivity contribution in [3.63, 3.8) is 0 Å². The molecule has 2 aliphatic carbocycles. The second-order valence-electron chi connectivity index (χ2n) is 7.53. The monoisotopic (exact) mass is 556 g/mol. The van der Waals surface area contributed by atoms with Gasteiger partial charge in [0.15, 0.2) is 15.4 Å². The van der Waals surface area contributed by atoms with Gasteiger partial charge < -0.3 is 16.4 Å². The van der Waals surface area contributed by atoms with Gasteiger partial charge in [0.1, 0.15) is 0 Å². The quantitative estimate of drug-likeness (QED) is 0.395. The van der Waals surface area contributed by atoms with E-state index < -0.39 is 0 Å². The van der Waals surface area contributed by atoms with Crippen LogP contribution in [0.1, 0.15) is 42.8 Å². The van der Waals surface area contributed by atoms with Crippen LogP contribution in [0.15, 0.2) is 14.5 Å². The van der Waals surface area contributed by atoms with Crippen molar-refractivity contribution < 1.29 is 9.59 Å². The van der Waals surface area contributed by atoms with E-state index in [0.717, 1.165) is 51.7 Å². The van der Waals surface area contributed by atoms with Gasteiger partial charge in [-0.05, 0) is 62.4 Å². The molecule has 3 aromatic rings. The number of nitrogens with two attached hydrogens (primary N) is 1. The van der Waals surface area contributed by atoms with E-state index in [4.69, 9.17) is 5.73 Å². The van der Waals surface area contributed by atoms with Crippen molar-refractivity contribution in [3.05, 3.63) is 31.6 Å². The lowest BCUT2D eigenvalue weighted by atomic mass is 10.4.